The summed E-state index contributed by atoms with van der Waals surface area (Å²) in [6, 6.07) is 11.4. The number of rotatable bonds is 3. The summed E-state index contributed by atoms with van der Waals surface area (Å²) >= 11 is 0. The van der Waals surface area contributed by atoms with E-state index in [0.717, 1.165) is 18.4 Å². The van der Waals surface area contributed by atoms with Crippen LogP contribution in [0.2, 0.25) is 0 Å². The van der Waals surface area contributed by atoms with Gasteiger partial charge in [0, 0.05) is 12.7 Å². The highest BCUT2D eigenvalue weighted by atomic mass is 16.5. The van der Waals surface area contributed by atoms with Crippen LogP contribution in [0.15, 0.2) is 42.6 Å². The Bertz CT molecular complexity index is 774. The van der Waals surface area contributed by atoms with Gasteiger partial charge >= 0.3 is 11.8 Å². The highest BCUT2D eigenvalue weighted by Crippen LogP contribution is 2.32. The van der Waals surface area contributed by atoms with E-state index < -0.39 is 11.8 Å². The van der Waals surface area contributed by atoms with Crippen molar-refractivity contribution in [2.45, 2.75) is 25.8 Å². The van der Waals surface area contributed by atoms with Crippen molar-refractivity contribution in [3.05, 3.63) is 53.7 Å². The molecule has 130 valence electrons. The Balaban J connectivity index is 1.74. The predicted octanol–water partition coefficient (Wildman–Crippen LogP) is 2.70. The van der Waals surface area contributed by atoms with Crippen molar-refractivity contribution in [1.82, 2.24) is 9.88 Å². The Kier molecular flexibility index (Phi) is 4.97. The molecule has 1 atom stereocenters. The van der Waals surface area contributed by atoms with Gasteiger partial charge < -0.3 is 15.0 Å². The number of carbonyl (C=O) groups is 2. The van der Waals surface area contributed by atoms with Gasteiger partial charge in [0.1, 0.15) is 5.69 Å². The molecule has 0 bridgehead atoms. The molecule has 2 amide bonds. The number of aryl methyl sites for hydroxylation is 1. The number of aromatic nitrogens is 1. The molecule has 1 aromatic heterocycles. The Morgan fingerprint density at radius 3 is 2.72 bits per heavy atom. The number of hydrogen-bond acceptors (Lipinski definition) is 4. The van der Waals surface area contributed by atoms with Crippen LogP contribution in [0.4, 0.5) is 5.69 Å². The van der Waals surface area contributed by atoms with Crippen LogP contribution < -0.4 is 10.1 Å². The van der Waals surface area contributed by atoms with E-state index in [4.69, 9.17) is 4.74 Å². The number of pyridine rings is 1. The van der Waals surface area contributed by atoms with Gasteiger partial charge in [0.15, 0.2) is 0 Å². The zero-order valence-corrected chi connectivity index (χ0v) is 14.4. The molecule has 3 rings (SSSR count). The number of benzene rings is 1. The predicted molar refractivity (Wildman–Crippen MR) is 94.3 cm³/mol. The van der Waals surface area contributed by atoms with E-state index in [1.807, 2.05) is 31.2 Å². The molecule has 0 saturated carbocycles. The highest BCUT2D eigenvalue weighted by molar-refractivity contribution is 6.39. The molecular formula is C19H21N3O3. The molecule has 0 unspecified atom stereocenters. The second-order valence-corrected chi connectivity index (χ2v) is 6.08. The molecule has 2 heterocycles. The number of nitrogens with one attached hydrogen (secondary N) is 1. The third-order valence-electron chi connectivity index (χ3n) is 4.38. The number of anilines is 1. The van der Waals surface area contributed by atoms with E-state index in [2.05, 4.69) is 10.3 Å². The van der Waals surface area contributed by atoms with Crippen molar-refractivity contribution in [3.63, 3.8) is 0 Å². The van der Waals surface area contributed by atoms with Gasteiger partial charge in [-0.05, 0) is 37.5 Å². The van der Waals surface area contributed by atoms with E-state index >= 15 is 0 Å². The van der Waals surface area contributed by atoms with Crippen LogP contribution in [-0.2, 0) is 9.59 Å². The van der Waals surface area contributed by atoms with Crippen LogP contribution in [0, 0.1) is 6.92 Å². The fraction of sp³-hybridized carbons (Fsp3) is 0.316. The van der Waals surface area contributed by atoms with Gasteiger partial charge in [0.25, 0.3) is 0 Å². The van der Waals surface area contributed by atoms with Gasteiger partial charge in [0.2, 0.25) is 5.88 Å². The maximum Gasteiger partial charge on any atom is 0.314 e. The van der Waals surface area contributed by atoms with Crippen molar-refractivity contribution < 1.29 is 14.3 Å². The largest absolute Gasteiger partial charge is 0.480 e. The lowest BCUT2D eigenvalue weighted by Crippen LogP contribution is -2.39. The van der Waals surface area contributed by atoms with E-state index in [1.54, 1.807) is 23.2 Å². The van der Waals surface area contributed by atoms with Gasteiger partial charge in [-0.2, -0.15) is 0 Å². The second-order valence-electron chi connectivity index (χ2n) is 6.08. The molecule has 1 aliphatic heterocycles. The SMILES string of the molecule is COc1ncccc1NC(=O)C(=O)N1CCC[C@@H]1c1ccc(C)cc1. The van der Waals surface area contributed by atoms with Crippen LogP contribution in [0.25, 0.3) is 0 Å². The molecule has 1 aliphatic rings. The molecule has 1 N–H and O–H groups in total. The second kappa shape index (κ2) is 7.34. The van der Waals surface area contributed by atoms with Crippen LogP contribution >= 0.6 is 0 Å². The summed E-state index contributed by atoms with van der Waals surface area (Å²) in [6.07, 6.45) is 3.30. The lowest BCUT2D eigenvalue weighted by molar-refractivity contribution is -0.143. The maximum atomic E-state index is 12.7. The molecule has 0 radical (unpaired) electrons. The molecular weight excluding hydrogens is 318 g/mol. The van der Waals surface area contributed by atoms with Crippen LogP contribution in [0.1, 0.15) is 30.0 Å². The topological polar surface area (TPSA) is 71.5 Å². The fourth-order valence-corrected chi connectivity index (χ4v) is 3.10. The molecule has 6 heteroatoms. The summed E-state index contributed by atoms with van der Waals surface area (Å²) in [5.74, 6) is -0.931. The number of ether oxygens (including phenoxy) is 1. The molecule has 1 aromatic carbocycles. The van der Waals surface area contributed by atoms with Gasteiger partial charge in [0.05, 0.1) is 13.2 Å². The van der Waals surface area contributed by atoms with Crippen molar-refractivity contribution in [3.8, 4) is 5.88 Å². The minimum atomic E-state index is -0.676. The fourth-order valence-electron chi connectivity index (χ4n) is 3.10. The van der Waals surface area contributed by atoms with E-state index in [9.17, 15) is 9.59 Å². The summed E-state index contributed by atoms with van der Waals surface area (Å²) < 4.78 is 5.10. The Morgan fingerprint density at radius 1 is 1.24 bits per heavy atom. The van der Waals surface area contributed by atoms with E-state index in [-0.39, 0.29) is 11.9 Å². The molecule has 25 heavy (non-hydrogen) atoms. The summed E-state index contributed by atoms with van der Waals surface area (Å²) in [6.45, 7) is 2.60. The third-order valence-corrected chi connectivity index (χ3v) is 4.38. The Morgan fingerprint density at radius 2 is 2.00 bits per heavy atom. The molecule has 0 aliphatic carbocycles. The average Bonchev–Trinajstić information content (AvgIpc) is 3.11. The average molecular weight is 339 g/mol. The lowest BCUT2D eigenvalue weighted by Gasteiger charge is -2.24. The zero-order valence-electron chi connectivity index (χ0n) is 14.4. The van der Waals surface area contributed by atoms with Crippen molar-refractivity contribution in [2.24, 2.45) is 0 Å². The minimum Gasteiger partial charge on any atom is -0.480 e. The quantitative estimate of drug-likeness (QED) is 0.873. The van der Waals surface area contributed by atoms with Crippen molar-refractivity contribution in [1.29, 1.82) is 0 Å². The Labute approximate surface area is 146 Å². The molecule has 0 spiro atoms. The number of amides is 2. The Hall–Kier alpha value is -2.89. The standard InChI is InChI=1S/C19H21N3O3/c1-13-7-9-14(10-8-13)16-6-4-12-22(16)19(24)17(23)21-15-5-3-11-20-18(15)25-2/h3,5,7-11,16H,4,6,12H2,1-2H3,(H,21,23)/t16-/m1/s1. The third kappa shape index (κ3) is 3.63. The van der Waals surface area contributed by atoms with Gasteiger partial charge in [-0.1, -0.05) is 29.8 Å². The van der Waals surface area contributed by atoms with E-state index in [0.29, 0.717) is 12.2 Å². The number of hydrogen-bond donors (Lipinski definition) is 1. The van der Waals surface area contributed by atoms with Crippen LogP contribution in [-0.4, -0.2) is 35.4 Å². The van der Waals surface area contributed by atoms with Crippen molar-refractivity contribution >= 4 is 17.5 Å². The number of likely N-dealkylation sites (tertiary alicyclic amines) is 1. The first-order valence-electron chi connectivity index (χ1n) is 8.27. The molecule has 6 nitrogen and oxygen atoms in total. The minimum absolute atomic E-state index is 0.0605. The van der Waals surface area contributed by atoms with E-state index in [1.165, 1.54) is 12.7 Å². The molecule has 1 saturated heterocycles. The normalized spacial score (nSPS) is 16.6. The van der Waals surface area contributed by atoms with Gasteiger partial charge in [-0.3, -0.25) is 9.59 Å². The first-order valence-corrected chi connectivity index (χ1v) is 8.27. The first kappa shape index (κ1) is 17.0. The monoisotopic (exact) mass is 339 g/mol. The zero-order chi connectivity index (χ0) is 17.8. The first-order chi connectivity index (χ1) is 12.1. The molecule has 2 aromatic rings. The highest BCUT2D eigenvalue weighted by Gasteiger charge is 2.33. The summed E-state index contributed by atoms with van der Waals surface area (Å²) in [5.41, 5.74) is 2.61. The molecule has 1 fully saturated rings. The number of nitrogens with zero attached hydrogens (tertiary/aromatic N) is 2. The van der Waals surface area contributed by atoms with Crippen LogP contribution in [0.5, 0.6) is 5.88 Å². The van der Waals surface area contributed by atoms with Crippen LogP contribution in [0.3, 0.4) is 0 Å². The maximum absolute atomic E-state index is 12.7. The van der Waals surface area contributed by atoms with Crippen molar-refractivity contribution in [2.75, 3.05) is 19.0 Å². The summed E-state index contributed by atoms with van der Waals surface area (Å²) in [5, 5.41) is 2.60. The summed E-state index contributed by atoms with van der Waals surface area (Å²) in [7, 11) is 1.47. The smallest absolute Gasteiger partial charge is 0.314 e. The number of carbonyl (C=O) groups excluding carboxylic acids is 2. The van der Waals surface area contributed by atoms with Gasteiger partial charge in [-0.15, -0.1) is 0 Å². The van der Waals surface area contributed by atoms with Gasteiger partial charge in [-0.25, -0.2) is 4.98 Å². The lowest BCUT2D eigenvalue weighted by atomic mass is 10.0. The number of methoxy groups -OCH3 is 1. The summed E-state index contributed by atoms with van der Waals surface area (Å²) in [4.78, 5) is 30.7.